The minimum atomic E-state index is 0.678. The molecule has 2 heterocycles. The van der Waals surface area contributed by atoms with Crippen LogP contribution in [0, 0.1) is 0 Å². The highest BCUT2D eigenvalue weighted by molar-refractivity contribution is 6.34. The van der Waals surface area contributed by atoms with Crippen LogP contribution in [0.5, 0.6) is 0 Å². The lowest BCUT2D eigenvalue weighted by Gasteiger charge is -2.30. The highest BCUT2D eigenvalue weighted by Gasteiger charge is 2.33. The third kappa shape index (κ3) is 3.25. The molecule has 0 aromatic heterocycles. The van der Waals surface area contributed by atoms with E-state index in [4.69, 9.17) is 23.2 Å². The molecule has 0 spiro atoms. The van der Waals surface area contributed by atoms with Crippen LogP contribution in [-0.2, 0) is 6.54 Å². The second-order valence-electron chi connectivity index (χ2n) is 5.66. The quantitative estimate of drug-likeness (QED) is 0.895. The van der Waals surface area contributed by atoms with Crippen LogP contribution in [0.25, 0.3) is 0 Å². The summed E-state index contributed by atoms with van der Waals surface area (Å²) < 4.78 is 0. The fourth-order valence-electron chi connectivity index (χ4n) is 3.46. The molecule has 2 fully saturated rings. The van der Waals surface area contributed by atoms with Crippen LogP contribution in [0.4, 0.5) is 0 Å². The summed E-state index contributed by atoms with van der Waals surface area (Å²) in [6, 6.07) is 7.23. The van der Waals surface area contributed by atoms with E-state index in [0.29, 0.717) is 12.1 Å². The predicted octanol–water partition coefficient (Wildman–Crippen LogP) is 3.71. The van der Waals surface area contributed by atoms with E-state index in [1.165, 1.54) is 37.8 Å². The van der Waals surface area contributed by atoms with E-state index in [1.807, 2.05) is 12.1 Å². The number of benzene rings is 1. The first-order chi connectivity index (χ1) is 9.22. The van der Waals surface area contributed by atoms with Crippen molar-refractivity contribution in [3.8, 4) is 0 Å². The molecule has 2 aliphatic rings. The summed E-state index contributed by atoms with van der Waals surface area (Å²) in [6.07, 6.45) is 5.21. The lowest BCUT2D eigenvalue weighted by molar-refractivity contribution is 0.186. The van der Waals surface area contributed by atoms with Gasteiger partial charge in [-0.15, -0.1) is 0 Å². The summed E-state index contributed by atoms with van der Waals surface area (Å²) in [5.41, 5.74) is 1.23. The summed E-state index contributed by atoms with van der Waals surface area (Å²) in [5, 5.41) is 5.11. The summed E-state index contributed by atoms with van der Waals surface area (Å²) in [5.74, 6) is 0. The fourth-order valence-corrected chi connectivity index (χ4v) is 4.03. The third-order valence-electron chi connectivity index (χ3n) is 4.30. The first kappa shape index (κ1) is 13.7. The SMILES string of the molecule is Clc1cc(Cl)cc(CN2CCCCC3NCCC32)c1. The topological polar surface area (TPSA) is 15.3 Å². The lowest BCUT2D eigenvalue weighted by Crippen LogP contribution is -2.41. The smallest absolute Gasteiger partial charge is 0.0424 e. The molecule has 3 rings (SSSR count). The van der Waals surface area contributed by atoms with Gasteiger partial charge in [-0.05, 0) is 56.1 Å². The number of nitrogens with one attached hydrogen (secondary N) is 1. The molecule has 0 bridgehead atoms. The summed E-state index contributed by atoms with van der Waals surface area (Å²) >= 11 is 12.2. The zero-order valence-electron chi connectivity index (χ0n) is 11.0. The van der Waals surface area contributed by atoms with Gasteiger partial charge in [0.15, 0.2) is 0 Å². The normalized spacial score (nSPS) is 28.1. The number of rotatable bonds is 2. The summed E-state index contributed by atoms with van der Waals surface area (Å²) in [6.45, 7) is 3.30. The van der Waals surface area contributed by atoms with Crippen LogP contribution in [0.2, 0.25) is 10.0 Å². The maximum Gasteiger partial charge on any atom is 0.0424 e. The van der Waals surface area contributed by atoms with Gasteiger partial charge in [0, 0.05) is 28.7 Å². The number of hydrogen-bond acceptors (Lipinski definition) is 2. The molecule has 0 saturated carbocycles. The van der Waals surface area contributed by atoms with E-state index in [-0.39, 0.29) is 0 Å². The minimum absolute atomic E-state index is 0.678. The van der Waals surface area contributed by atoms with Gasteiger partial charge in [-0.25, -0.2) is 0 Å². The van der Waals surface area contributed by atoms with Crippen LogP contribution in [-0.4, -0.2) is 30.1 Å². The predicted molar refractivity (Wildman–Crippen MR) is 80.9 cm³/mol. The molecule has 2 saturated heterocycles. The largest absolute Gasteiger partial charge is 0.312 e. The number of fused-ring (bicyclic) bond motifs is 1. The Morgan fingerprint density at radius 2 is 1.89 bits per heavy atom. The van der Waals surface area contributed by atoms with Gasteiger partial charge in [0.2, 0.25) is 0 Å². The van der Waals surface area contributed by atoms with E-state index >= 15 is 0 Å². The number of hydrogen-bond donors (Lipinski definition) is 1. The maximum absolute atomic E-state index is 6.10. The highest BCUT2D eigenvalue weighted by Crippen LogP contribution is 2.27. The molecule has 2 nitrogen and oxygen atoms in total. The van der Waals surface area contributed by atoms with Crippen molar-refractivity contribution < 1.29 is 0 Å². The molecule has 4 heteroatoms. The Balaban J connectivity index is 1.76. The maximum atomic E-state index is 6.10. The number of halogens is 2. The van der Waals surface area contributed by atoms with Crippen molar-refractivity contribution in [3.63, 3.8) is 0 Å². The van der Waals surface area contributed by atoms with Crippen molar-refractivity contribution in [2.24, 2.45) is 0 Å². The van der Waals surface area contributed by atoms with Crippen LogP contribution >= 0.6 is 23.2 Å². The number of likely N-dealkylation sites (tertiary alicyclic amines) is 1. The summed E-state index contributed by atoms with van der Waals surface area (Å²) in [4.78, 5) is 2.61. The Hall–Kier alpha value is -0.280. The molecule has 19 heavy (non-hydrogen) atoms. The molecule has 1 aromatic carbocycles. The van der Waals surface area contributed by atoms with Gasteiger partial charge >= 0.3 is 0 Å². The van der Waals surface area contributed by atoms with Crippen molar-refractivity contribution >= 4 is 23.2 Å². The lowest BCUT2D eigenvalue weighted by atomic mass is 10.0. The molecular weight excluding hydrogens is 279 g/mol. The zero-order valence-corrected chi connectivity index (χ0v) is 12.6. The zero-order chi connectivity index (χ0) is 13.2. The van der Waals surface area contributed by atoms with Gasteiger partial charge < -0.3 is 5.32 Å². The molecule has 0 amide bonds. The van der Waals surface area contributed by atoms with E-state index in [0.717, 1.165) is 23.1 Å². The number of nitrogens with zero attached hydrogens (tertiary/aromatic N) is 1. The van der Waals surface area contributed by atoms with Crippen LogP contribution < -0.4 is 5.32 Å². The Morgan fingerprint density at radius 3 is 2.68 bits per heavy atom. The van der Waals surface area contributed by atoms with Crippen LogP contribution in [0.15, 0.2) is 18.2 Å². The van der Waals surface area contributed by atoms with E-state index in [9.17, 15) is 0 Å². The van der Waals surface area contributed by atoms with Crippen molar-refractivity contribution in [1.82, 2.24) is 10.2 Å². The molecule has 0 aliphatic carbocycles. The molecule has 104 valence electrons. The first-order valence-electron chi connectivity index (χ1n) is 7.15. The fraction of sp³-hybridized carbons (Fsp3) is 0.600. The van der Waals surface area contributed by atoms with Gasteiger partial charge in [0.05, 0.1) is 0 Å². The average Bonchev–Trinajstić information content (AvgIpc) is 2.73. The molecule has 2 unspecified atom stereocenters. The van der Waals surface area contributed by atoms with E-state index in [2.05, 4.69) is 10.2 Å². The standard InChI is InChI=1S/C15H20Cl2N2/c16-12-7-11(8-13(17)9-12)10-19-6-2-1-3-14-15(19)4-5-18-14/h7-9,14-15,18H,1-6,10H2. The Kier molecular flexibility index (Phi) is 4.33. The van der Waals surface area contributed by atoms with Gasteiger partial charge in [0.1, 0.15) is 0 Å². The third-order valence-corrected chi connectivity index (χ3v) is 4.74. The Morgan fingerprint density at radius 1 is 1.11 bits per heavy atom. The monoisotopic (exact) mass is 298 g/mol. The van der Waals surface area contributed by atoms with E-state index in [1.54, 1.807) is 6.07 Å². The van der Waals surface area contributed by atoms with Crippen LogP contribution in [0.3, 0.4) is 0 Å². The Bertz CT molecular complexity index is 430. The first-order valence-corrected chi connectivity index (χ1v) is 7.90. The van der Waals surface area contributed by atoms with Crippen molar-refractivity contribution in [2.75, 3.05) is 13.1 Å². The molecule has 0 radical (unpaired) electrons. The van der Waals surface area contributed by atoms with Gasteiger partial charge in [-0.2, -0.15) is 0 Å². The average molecular weight is 299 g/mol. The second-order valence-corrected chi connectivity index (χ2v) is 6.53. The van der Waals surface area contributed by atoms with Crippen molar-refractivity contribution in [3.05, 3.63) is 33.8 Å². The van der Waals surface area contributed by atoms with Gasteiger partial charge in [-0.3, -0.25) is 4.90 Å². The van der Waals surface area contributed by atoms with Crippen molar-refractivity contribution in [1.29, 1.82) is 0 Å². The highest BCUT2D eigenvalue weighted by atomic mass is 35.5. The van der Waals surface area contributed by atoms with Gasteiger partial charge in [0.25, 0.3) is 0 Å². The molecular formula is C15H20Cl2N2. The van der Waals surface area contributed by atoms with Crippen molar-refractivity contribution in [2.45, 2.75) is 44.3 Å². The summed E-state index contributed by atoms with van der Waals surface area (Å²) in [7, 11) is 0. The van der Waals surface area contributed by atoms with E-state index < -0.39 is 0 Å². The molecule has 2 aliphatic heterocycles. The molecule has 2 atom stereocenters. The van der Waals surface area contributed by atoms with Crippen LogP contribution in [0.1, 0.15) is 31.2 Å². The van der Waals surface area contributed by atoms with Gasteiger partial charge in [-0.1, -0.05) is 29.6 Å². The second kappa shape index (κ2) is 6.01. The molecule has 1 aromatic rings. The minimum Gasteiger partial charge on any atom is -0.312 e. The molecule has 1 N–H and O–H groups in total. The Labute approximate surface area is 125 Å².